The Bertz CT molecular complexity index is 547. The lowest BCUT2D eigenvalue weighted by Crippen LogP contribution is -2.21. The molecule has 0 saturated carbocycles. The molecule has 2 N–H and O–H groups in total. The van der Waals surface area contributed by atoms with E-state index in [1.54, 1.807) is 0 Å². The molecule has 0 aliphatic rings. The Morgan fingerprint density at radius 1 is 0.656 bits per heavy atom. The van der Waals surface area contributed by atoms with E-state index in [1.165, 1.54) is 103 Å². The molecule has 0 aliphatic heterocycles. The van der Waals surface area contributed by atoms with Crippen LogP contribution < -0.4 is 10.6 Å². The Morgan fingerprint density at radius 3 is 1.66 bits per heavy atom. The predicted octanol–water partition coefficient (Wildman–Crippen LogP) is 7.43. The van der Waals surface area contributed by atoms with Gasteiger partial charge in [0.25, 0.3) is 0 Å². The third-order valence-electron chi connectivity index (χ3n) is 6.03. The van der Waals surface area contributed by atoms with E-state index < -0.39 is 0 Å². The number of nitrogens with one attached hydrogen (secondary N) is 2. The second-order valence-corrected chi connectivity index (χ2v) is 9.68. The molecule has 1 heterocycles. The Kier molecular flexibility index (Phi) is 18.2. The van der Waals surface area contributed by atoms with E-state index in [0.29, 0.717) is 0 Å². The fourth-order valence-corrected chi connectivity index (χ4v) is 4.02. The topological polar surface area (TPSA) is 53.1 Å². The largest absolute Gasteiger partial charge is 0.370 e. The zero-order valence-electron chi connectivity index (χ0n) is 21.9. The normalized spacial score (nSPS) is 11.3. The minimum absolute atomic E-state index is 0.723. The fourth-order valence-electron chi connectivity index (χ4n) is 4.02. The highest BCUT2D eigenvalue weighted by Crippen LogP contribution is 2.14. The molecular weight excluding hydrogens is 394 g/mol. The quantitative estimate of drug-likeness (QED) is 0.181. The molecule has 5 nitrogen and oxygen atoms in total. The van der Waals surface area contributed by atoms with Crippen molar-refractivity contribution in [2.45, 2.75) is 117 Å². The van der Waals surface area contributed by atoms with Crippen LogP contribution >= 0.6 is 0 Å². The smallest absolute Gasteiger partial charge is 0.224 e. The summed E-state index contributed by atoms with van der Waals surface area (Å²) in [6.45, 7) is 7.14. The molecule has 1 rings (SSSR count). The van der Waals surface area contributed by atoms with Gasteiger partial charge in [-0.25, -0.2) is 4.98 Å². The molecule has 0 spiro atoms. The van der Waals surface area contributed by atoms with E-state index in [-0.39, 0.29) is 0 Å². The van der Waals surface area contributed by atoms with Crippen molar-refractivity contribution in [2.24, 2.45) is 0 Å². The molecule has 0 unspecified atom stereocenters. The van der Waals surface area contributed by atoms with Gasteiger partial charge in [0, 0.05) is 31.4 Å². The number of rotatable bonds is 22. The lowest BCUT2D eigenvalue weighted by molar-refractivity contribution is 0.425. The molecule has 0 amide bonds. The molecule has 5 heteroatoms. The van der Waals surface area contributed by atoms with Crippen molar-refractivity contribution in [2.75, 3.05) is 44.4 Å². The van der Waals surface area contributed by atoms with Crippen LogP contribution in [0.15, 0.2) is 6.07 Å². The van der Waals surface area contributed by atoms with Crippen LogP contribution in [0, 0.1) is 6.92 Å². The van der Waals surface area contributed by atoms with Gasteiger partial charge in [-0.3, -0.25) is 0 Å². The van der Waals surface area contributed by atoms with E-state index in [4.69, 9.17) is 0 Å². The molecule has 1 aromatic heterocycles. The maximum Gasteiger partial charge on any atom is 0.224 e. The first kappa shape index (κ1) is 28.7. The van der Waals surface area contributed by atoms with Crippen molar-refractivity contribution >= 4 is 11.8 Å². The molecular formula is C27H53N5. The first-order valence-electron chi connectivity index (χ1n) is 13.6. The highest BCUT2D eigenvalue weighted by Gasteiger charge is 2.02. The standard InChI is InChI=1S/C27H53N5/c1-5-6-7-8-9-10-11-12-13-14-15-16-17-18-19-20-21-28-26-24-25(2)30-27(31-26)29-22-23-32(3)4/h24H,5-23H2,1-4H3,(H2,28,29,30,31). The molecule has 0 bridgehead atoms. The van der Waals surface area contributed by atoms with Gasteiger partial charge in [-0.1, -0.05) is 103 Å². The monoisotopic (exact) mass is 447 g/mol. The summed E-state index contributed by atoms with van der Waals surface area (Å²) in [6, 6.07) is 2.03. The third-order valence-corrected chi connectivity index (χ3v) is 6.03. The lowest BCUT2D eigenvalue weighted by Gasteiger charge is -2.12. The van der Waals surface area contributed by atoms with E-state index in [0.717, 1.165) is 37.1 Å². The molecule has 0 fully saturated rings. The van der Waals surface area contributed by atoms with E-state index >= 15 is 0 Å². The summed E-state index contributed by atoms with van der Waals surface area (Å²) < 4.78 is 0. The Balaban J connectivity index is 1.92. The maximum atomic E-state index is 4.59. The van der Waals surface area contributed by atoms with E-state index in [9.17, 15) is 0 Å². The Hall–Kier alpha value is -1.36. The Labute approximate surface area is 199 Å². The molecule has 0 radical (unpaired) electrons. The van der Waals surface area contributed by atoms with Gasteiger partial charge in [0.05, 0.1) is 0 Å². The summed E-state index contributed by atoms with van der Waals surface area (Å²) in [5.74, 6) is 1.66. The second-order valence-electron chi connectivity index (χ2n) is 9.68. The molecule has 0 saturated heterocycles. The summed E-state index contributed by atoms with van der Waals surface area (Å²) in [6.07, 6.45) is 22.5. The summed E-state index contributed by atoms with van der Waals surface area (Å²) in [5.41, 5.74) is 1.00. The van der Waals surface area contributed by atoms with Crippen molar-refractivity contribution in [1.82, 2.24) is 14.9 Å². The predicted molar refractivity (Wildman–Crippen MR) is 142 cm³/mol. The molecule has 0 aliphatic carbocycles. The number of aromatic nitrogens is 2. The van der Waals surface area contributed by atoms with Crippen molar-refractivity contribution in [3.63, 3.8) is 0 Å². The number of hydrogen-bond acceptors (Lipinski definition) is 5. The number of hydrogen-bond donors (Lipinski definition) is 2. The zero-order chi connectivity index (χ0) is 23.3. The van der Waals surface area contributed by atoms with E-state index in [1.807, 2.05) is 13.0 Å². The Morgan fingerprint density at radius 2 is 1.16 bits per heavy atom. The molecule has 0 atom stereocenters. The first-order valence-corrected chi connectivity index (χ1v) is 13.6. The number of likely N-dealkylation sites (N-methyl/N-ethyl adjacent to an activating group) is 1. The van der Waals surface area contributed by atoms with Crippen LogP contribution in [0.2, 0.25) is 0 Å². The third kappa shape index (κ3) is 17.2. The van der Waals surface area contributed by atoms with Gasteiger partial charge in [0.2, 0.25) is 5.95 Å². The van der Waals surface area contributed by atoms with Crippen molar-refractivity contribution in [3.8, 4) is 0 Å². The highest BCUT2D eigenvalue weighted by atomic mass is 15.2. The molecule has 1 aromatic rings. The second kappa shape index (κ2) is 20.3. The van der Waals surface area contributed by atoms with Crippen molar-refractivity contribution in [1.29, 1.82) is 0 Å². The fraction of sp³-hybridized carbons (Fsp3) is 0.852. The van der Waals surface area contributed by atoms with Crippen LogP contribution in [0.3, 0.4) is 0 Å². The number of nitrogens with zero attached hydrogens (tertiary/aromatic N) is 3. The first-order chi connectivity index (χ1) is 15.6. The summed E-state index contributed by atoms with van der Waals surface area (Å²) in [5, 5.41) is 6.78. The van der Waals surface area contributed by atoms with Crippen molar-refractivity contribution < 1.29 is 0 Å². The van der Waals surface area contributed by atoms with Crippen LogP contribution in [0.1, 0.15) is 115 Å². The van der Waals surface area contributed by atoms with Crippen LogP contribution in [0.5, 0.6) is 0 Å². The molecule has 0 aromatic carbocycles. The average molecular weight is 448 g/mol. The SMILES string of the molecule is CCCCCCCCCCCCCCCCCCNc1cc(C)nc(NCCN(C)C)n1. The van der Waals surface area contributed by atoms with E-state index in [2.05, 4.69) is 46.5 Å². The highest BCUT2D eigenvalue weighted by molar-refractivity contribution is 5.42. The summed E-state index contributed by atoms with van der Waals surface area (Å²) in [4.78, 5) is 11.2. The van der Waals surface area contributed by atoms with Crippen LogP contribution in [-0.2, 0) is 0 Å². The minimum Gasteiger partial charge on any atom is -0.370 e. The summed E-state index contributed by atoms with van der Waals surface area (Å²) in [7, 11) is 4.15. The minimum atomic E-state index is 0.723. The maximum absolute atomic E-state index is 4.59. The van der Waals surface area contributed by atoms with Gasteiger partial charge >= 0.3 is 0 Å². The summed E-state index contributed by atoms with van der Waals surface area (Å²) >= 11 is 0. The van der Waals surface area contributed by atoms with Gasteiger partial charge in [-0.05, 0) is 27.4 Å². The van der Waals surface area contributed by atoms with Gasteiger partial charge in [0.15, 0.2) is 0 Å². The number of aryl methyl sites for hydroxylation is 1. The van der Waals surface area contributed by atoms with Gasteiger partial charge in [-0.15, -0.1) is 0 Å². The van der Waals surface area contributed by atoms with Crippen molar-refractivity contribution in [3.05, 3.63) is 11.8 Å². The molecule has 186 valence electrons. The average Bonchev–Trinajstić information content (AvgIpc) is 2.75. The van der Waals surface area contributed by atoms with Crippen LogP contribution in [-0.4, -0.2) is 48.6 Å². The van der Waals surface area contributed by atoms with Crippen LogP contribution in [0.4, 0.5) is 11.8 Å². The number of unbranched alkanes of at least 4 members (excludes halogenated alkanes) is 15. The zero-order valence-corrected chi connectivity index (χ0v) is 21.9. The van der Waals surface area contributed by atoms with Gasteiger partial charge < -0.3 is 15.5 Å². The van der Waals surface area contributed by atoms with Crippen LogP contribution in [0.25, 0.3) is 0 Å². The number of anilines is 2. The van der Waals surface area contributed by atoms with Gasteiger partial charge in [0.1, 0.15) is 5.82 Å². The lowest BCUT2D eigenvalue weighted by atomic mass is 10.0. The van der Waals surface area contributed by atoms with Gasteiger partial charge in [-0.2, -0.15) is 4.98 Å². The molecule has 32 heavy (non-hydrogen) atoms.